The molecule has 1 amide bonds. The fourth-order valence-corrected chi connectivity index (χ4v) is 2.96. The van der Waals surface area contributed by atoms with E-state index in [0.717, 1.165) is 5.69 Å². The smallest absolute Gasteiger partial charge is 0.251 e. The number of nitrogens with zero attached hydrogens (tertiary/aromatic N) is 2. The highest BCUT2D eigenvalue weighted by atomic mass is 127. The second kappa shape index (κ2) is 14.9. The molecule has 1 heterocycles. The summed E-state index contributed by atoms with van der Waals surface area (Å²) in [6.45, 7) is 2.86. The minimum Gasteiger partial charge on any atom is -0.377 e. The van der Waals surface area contributed by atoms with Crippen molar-refractivity contribution in [2.75, 3.05) is 64.4 Å². The summed E-state index contributed by atoms with van der Waals surface area (Å²) in [4.78, 5) is 22.6. The van der Waals surface area contributed by atoms with Crippen LogP contribution in [0.15, 0.2) is 23.3 Å². The Bertz CT molecular complexity index is 768. The van der Waals surface area contributed by atoms with Crippen molar-refractivity contribution in [1.29, 1.82) is 0 Å². The largest absolute Gasteiger partial charge is 0.377 e. The zero-order chi connectivity index (χ0) is 22.5. The van der Waals surface area contributed by atoms with E-state index < -0.39 is 0 Å². The SMILES string of the molecule is O=C(I)COCCOCCOCCOCC(=O)NC1=NN(c2ccc(Cl)c(Cl)c2)CC1. The van der Waals surface area contributed by atoms with Crippen molar-refractivity contribution in [3.05, 3.63) is 28.2 Å². The molecule has 172 valence electrons. The standard InChI is InChI=1S/C19H24Cl2IN3O6/c20-15-2-1-14(11-16(15)21)25-4-3-18(24-25)23-19(27)13-31-10-8-29-6-5-28-7-9-30-12-17(22)26/h1-2,11H,3-10,12-13H2,(H,23,24,27). The molecule has 1 aromatic rings. The van der Waals surface area contributed by atoms with Gasteiger partial charge in [0.1, 0.15) is 19.0 Å². The number of halogens is 3. The maximum atomic E-state index is 12.0. The van der Waals surface area contributed by atoms with E-state index in [1.165, 1.54) is 0 Å². The van der Waals surface area contributed by atoms with Crippen molar-refractivity contribution in [3.8, 4) is 0 Å². The predicted octanol–water partition coefficient (Wildman–Crippen LogP) is 2.66. The summed E-state index contributed by atoms with van der Waals surface area (Å²) in [6.07, 6.45) is 0.606. The van der Waals surface area contributed by atoms with Gasteiger partial charge in [0.05, 0.1) is 55.4 Å². The van der Waals surface area contributed by atoms with E-state index in [0.29, 0.717) is 61.9 Å². The van der Waals surface area contributed by atoms with Gasteiger partial charge in [-0.15, -0.1) is 0 Å². The minimum absolute atomic E-state index is 0.0453. The Morgan fingerprint density at radius 2 is 1.58 bits per heavy atom. The quantitative estimate of drug-likeness (QED) is 0.203. The summed E-state index contributed by atoms with van der Waals surface area (Å²) < 4.78 is 20.9. The molecule has 0 atom stereocenters. The van der Waals surface area contributed by atoms with Gasteiger partial charge in [-0.2, -0.15) is 5.10 Å². The Morgan fingerprint density at radius 3 is 2.19 bits per heavy atom. The molecular weight excluding hydrogens is 564 g/mol. The Labute approximate surface area is 204 Å². The van der Waals surface area contributed by atoms with E-state index in [1.807, 2.05) is 6.07 Å². The fourth-order valence-electron chi connectivity index (χ4n) is 2.45. The van der Waals surface area contributed by atoms with Gasteiger partial charge in [0, 0.05) is 35.6 Å². The lowest BCUT2D eigenvalue weighted by molar-refractivity contribution is -0.124. The second-order valence-corrected chi connectivity index (χ2v) is 8.27. The summed E-state index contributed by atoms with van der Waals surface area (Å²) in [7, 11) is 0. The average Bonchev–Trinajstić information content (AvgIpc) is 3.19. The van der Waals surface area contributed by atoms with Crippen LogP contribution in [-0.2, 0) is 28.5 Å². The molecule has 1 aromatic carbocycles. The van der Waals surface area contributed by atoms with Crippen LogP contribution in [0, 0.1) is 0 Å². The Balaban J connectivity index is 1.49. The number of hydrazone groups is 1. The molecule has 9 nitrogen and oxygen atoms in total. The number of amides is 1. The first-order valence-electron chi connectivity index (χ1n) is 9.55. The van der Waals surface area contributed by atoms with Gasteiger partial charge in [0.25, 0.3) is 5.91 Å². The van der Waals surface area contributed by atoms with Crippen molar-refractivity contribution in [2.45, 2.75) is 6.42 Å². The van der Waals surface area contributed by atoms with Crippen LogP contribution in [0.2, 0.25) is 10.0 Å². The number of benzene rings is 1. The number of hydrogen-bond acceptors (Lipinski definition) is 8. The van der Waals surface area contributed by atoms with Crippen molar-refractivity contribution in [2.24, 2.45) is 5.10 Å². The molecule has 0 fully saturated rings. The van der Waals surface area contributed by atoms with Crippen molar-refractivity contribution < 1.29 is 28.5 Å². The van der Waals surface area contributed by atoms with Crippen LogP contribution >= 0.6 is 45.8 Å². The van der Waals surface area contributed by atoms with E-state index in [1.54, 1.807) is 39.7 Å². The normalized spacial score (nSPS) is 13.4. The number of anilines is 1. The number of rotatable bonds is 14. The molecule has 0 saturated heterocycles. The first-order chi connectivity index (χ1) is 15.0. The minimum atomic E-state index is -0.275. The predicted molar refractivity (Wildman–Crippen MR) is 126 cm³/mol. The molecule has 12 heteroatoms. The Kier molecular flexibility index (Phi) is 12.6. The second-order valence-electron chi connectivity index (χ2n) is 6.25. The summed E-state index contributed by atoms with van der Waals surface area (Å²) in [5.41, 5.74) is 0.805. The van der Waals surface area contributed by atoms with Crippen LogP contribution in [0.25, 0.3) is 0 Å². The van der Waals surface area contributed by atoms with Gasteiger partial charge in [-0.3, -0.25) is 14.6 Å². The molecule has 0 aliphatic carbocycles. The van der Waals surface area contributed by atoms with Crippen LogP contribution in [-0.4, -0.2) is 74.9 Å². The highest BCUT2D eigenvalue weighted by Crippen LogP contribution is 2.28. The molecule has 1 aliphatic heterocycles. The highest BCUT2D eigenvalue weighted by Gasteiger charge is 2.18. The molecular formula is C19H24Cl2IN3O6. The maximum Gasteiger partial charge on any atom is 0.251 e. The van der Waals surface area contributed by atoms with Crippen LogP contribution in [0.3, 0.4) is 0 Å². The van der Waals surface area contributed by atoms with Crippen LogP contribution in [0.5, 0.6) is 0 Å². The zero-order valence-corrected chi connectivity index (χ0v) is 20.5. The lowest BCUT2D eigenvalue weighted by Gasteiger charge is -2.13. The molecule has 0 unspecified atom stereocenters. The van der Waals surface area contributed by atoms with Crippen LogP contribution in [0.4, 0.5) is 5.69 Å². The van der Waals surface area contributed by atoms with E-state index in [2.05, 4.69) is 10.4 Å². The number of hydrogen-bond donors (Lipinski definition) is 1. The third kappa shape index (κ3) is 10.9. The molecule has 0 aromatic heterocycles. The summed E-state index contributed by atoms with van der Waals surface area (Å²) in [5.74, 6) is 0.294. The van der Waals surface area contributed by atoms with Gasteiger partial charge in [0.15, 0.2) is 0 Å². The maximum absolute atomic E-state index is 12.0. The lowest BCUT2D eigenvalue weighted by Crippen LogP contribution is -2.33. The number of carbonyl (C=O) groups is 2. The van der Waals surface area contributed by atoms with Crippen molar-refractivity contribution in [1.82, 2.24) is 5.32 Å². The molecule has 1 N–H and O–H groups in total. The van der Waals surface area contributed by atoms with E-state index >= 15 is 0 Å². The third-order valence-corrected chi connectivity index (χ3v) is 4.90. The van der Waals surface area contributed by atoms with Gasteiger partial charge in [-0.25, -0.2) is 0 Å². The number of carbonyl (C=O) groups excluding carboxylic acids is 2. The number of ether oxygens (including phenoxy) is 4. The summed E-state index contributed by atoms with van der Waals surface area (Å²) >= 11 is 13.6. The fraction of sp³-hybridized carbons (Fsp3) is 0.526. The Hall–Kier alpha value is -1.02. The first kappa shape index (κ1) is 26.2. The molecule has 0 saturated carbocycles. The van der Waals surface area contributed by atoms with E-state index in [4.69, 9.17) is 42.1 Å². The molecule has 2 rings (SSSR count). The lowest BCUT2D eigenvalue weighted by atomic mass is 10.3. The number of nitrogens with one attached hydrogen (secondary N) is 1. The van der Waals surface area contributed by atoms with Crippen molar-refractivity contribution >= 4 is 67.0 Å². The summed E-state index contributed by atoms with van der Waals surface area (Å²) in [5, 5.41) is 9.80. The summed E-state index contributed by atoms with van der Waals surface area (Å²) in [6, 6.07) is 5.26. The Morgan fingerprint density at radius 1 is 0.968 bits per heavy atom. The van der Waals surface area contributed by atoms with Crippen LogP contribution in [0.1, 0.15) is 6.42 Å². The topological polar surface area (TPSA) is 98.7 Å². The van der Waals surface area contributed by atoms with Gasteiger partial charge < -0.3 is 24.3 Å². The average molecular weight is 588 g/mol. The molecule has 31 heavy (non-hydrogen) atoms. The van der Waals surface area contributed by atoms with Gasteiger partial charge in [-0.1, -0.05) is 23.2 Å². The van der Waals surface area contributed by atoms with Crippen molar-refractivity contribution in [3.63, 3.8) is 0 Å². The molecule has 0 bridgehead atoms. The third-order valence-electron chi connectivity index (χ3n) is 3.85. The molecule has 0 radical (unpaired) electrons. The highest BCUT2D eigenvalue weighted by molar-refractivity contribution is 14.1. The van der Waals surface area contributed by atoms with E-state index in [-0.39, 0.29) is 29.5 Å². The monoisotopic (exact) mass is 587 g/mol. The number of amidine groups is 1. The van der Waals surface area contributed by atoms with Gasteiger partial charge in [-0.05, 0) is 18.2 Å². The molecule has 0 spiro atoms. The zero-order valence-electron chi connectivity index (χ0n) is 16.8. The van der Waals surface area contributed by atoms with Gasteiger partial charge in [0.2, 0.25) is 3.79 Å². The van der Waals surface area contributed by atoms with E-state index in [9.17, 15) is 9.59 Å². The van der Waals surface area contributed by atoms with Gasteiger partial charge >= 0.3 is 0 Å². The van der Waals surface area contributed by atoms with Crippen LogP contribution < -0.4 is 10.3 Å². The first-order valence-corrected chi connectivity index (χ1v) is 11.4. The molecule has 1 aliphatic rings.